The number of anilines is 1. The molecule has 0 unspecified atom stereocenters. The third-order valence-corrected chi connectivity index (χ3v) is 5.64. The summed E-state index contributed by atoms with van der Waals surface area (Å²) in [5, 5.41) is 3.48. The molecule has 0 aliphatic carbocycles. The number of benzene rings is 2. The number of piperazine rings is 1. The number of amides is 1. The van der Waals surface area contributed by atoms with Crippen molar-refractivity contribution in [2.75, 3.05) is 38.3 Å². The highest BCUT2D eigenvalue weighted by Crippen LogP contribution is 2.32. The van der Waals surface area contributed by atoms with Crippen LogP contribution in [-0.2, 0) is 11.3 Å². The van der Waals surface area contributed by atoms with E-state index in [1.165, 1.54) is 5.56 Å². The molecule has 2 aliphatic heterocycles. The summed E-state index contributed by atoms with van der Waals surface area (Å²) in [4.78, 5) is 17.2. The van der Waals surface area contributed by atoms with Gasteiger partial charge in [0.05, 0.1) is 16.8 Å². The maximum Gasteiger partial charge on any atom is 0.241 e. The minimum atomic E-state index is -0.205. The Bertz CT molecular complexity index is 853. The fourth-order valence-electron chi connectivity index (χ4n) is 3.57. The van der Waals surface area contributed by atoms with E-state index in [1.807, 2.05) is 37.3 Å². The molecule has 28 heavy (non-hydrogen) atoms. The van der Waals surface area contributed by atoms with Gasteiger partial charge in [-0.05, 0) is 36.8 Å². The zero-order valence-electron chi connectivity index (χ0n) is 15.9. The van der Waals surface area contributed by atoms with Crippen LogP contribution < -0.4 is 14.8 Å². The van der Waals surface area contributed by atoms with Crippen molar-refractivity contribution in [2.24, 2.45) is 0 Å². The van der Waals surface area contributed by atoms with Crippen LogP contribution in [0.5, 0.6) is 11.5 Å². The number of fused-ring (bicyclic) bond motifs is 1. The maximum absolute atomic E-state index is 12.6. The minimum absolute atomic E-state index is 0.0303. The topological polar surface area (TPSA) is 54.0 Å². The zero-order valence-corrected chi connectivity index (χ0v) is 16.6. The number of para-hydroxylation sites is 1. The molecule has 1 fully saturated rings. The van der Waals surface area contributed by atoms with E-state index in [4.69, 9.17) is 21.1 Å². The Morgan fingerprint density at radius 1 is 1.11 bits per heavy atom. The highest BCUT2D eigenvalue weighted by atomic mass is 35.5. The fraction of sp³-hybridized carbons (Fsp3) is 0.381. The van der Waals surface area contributed by atoms with Gasteiger partial charge in [-0.2, -0.15) is 0 Å². The molecule has 2 aliphatic rings. The van der Waals surface area contributed by atoms with Gasteiger partial charge in [0.15, 0.2) is 11.5 Å². The number of carbonyl (C=O) groups excluding carboxylic acids is 1. The molecule has 1 saturated heterocycles. The highest BCUT2D eigenvalue weighted by Gasteiger charge is 2.26. The molecule has 2 aromatic rings. The van der Waals surface area contributed by atoms with Crippen LogP contribution in [0.2, 0.25) is 5.02 Å². The molecule has 2 aromatic carbocycles. The molecule has 0 radical (unpaired) electrons. The SMILES string of the molecule is C[C@H](C(=O)Nc1ccccc1Cl)N1CCN(Cc2ccc3c(c2)OCO3)CC1. The molecule has 0 aromatic heterocycles. The lowest BCUT2D eigenvalue weighted by atomic mass is 10.1. The van der Waals surface area contributed by atoms with Gasteiger partial charge in [0.2, 0.25) is 12.7 Å². The number of nitrogens with zero attached hydrogens (tertiary/aromatic N) is 2. The largest absolute Gasteiger partial charge is 0.454 e. The van der Waals surface area contributed by atoms with Crippen molar-refractivity contribution in [3.05, 3.63) is 53.1 Å². The summed E-state index contributed by atoms with van der Waals surface area (Å²) in [5.74, 6) is 1.60. The summed E-state index contributed by atoms with van der Waals surface area (Å²) < 4.78 is 10.8. The standard InChI is InChI=1S/C21H24ClN3O3/c1-15(21(26)23-18-5-3-2-4-17(18)22)25-10-8-24(9-11-25)13-16-6-7-19-20(12-16)28-14-27-19/h2-7,12,15H,8-11,13-14H2,1H3,(H,23,26)/t15-/m1/s1. The van der Waals surface area contributed by atoms with Gasteiger partial charge in [0.1, 0.15) is 0 Å². The van der Waals surface area contributed by atoms with Crippen LogP contribution in [-0.4, -0.2) is 54.7 Å². The summed E-state index contributed by atoms with van der Waals surface area (Å²) in [6.45, 7) is 6.63. The molecule has 2 heterocycles. The van der Waals surface area contributed by atoms with Gasteiger partial charge in [-0.1, -0.05) is 29.8 Å². The quantitative estimate of drug-likeness (QED) is 0.833. The van der Waals surface area contributed by atoms with Crippen LogP contribution >= 0.6 is 11.6 Å². The fourth-order valence-corrected chi connectivity index (χ4v) is 3.75. The van der Waals surface area contributed by atoms with Crippen molar-refractivity contribution < 1.29 is 14.3 Å². The number of hydrogen-bond donors (Lipinski definition) is 1. The van der Waals surface area contributed by atoms with Crippen LogP contribution in [0.4, 0.5) is 5.69 Å². The molecule has 1 amide bonds. The maximum atomic E-state index is 12.6. The van der Waals surface area contributed by atoms with E-state index in [9.17, 15) is 4.79 Å². The Morgan fingerprint density at radius 3 is 2.64 bits per heavy atom. The van der Waals surface area contributed by atoms with Gasteiger partial charge in [-0.25, -0.2) is 0 Å². The number of rotatable bonds is 5. The first-order chi connectivity index (χ1) is 13.6. The van der Waals surface area contributed by atoms with Gasteiger partial charge in [-0.15, -0.1) is 0 Å². The van der Waals surface area contributed by atoms with Gasteiger partial charge in [0, 0.05) is 32.7 Å². The monoisotopic (exact) mass is 401 g/mol. The predicted octanol–water partition coefficient (Wildman–Crippen LogP) is 3.21. The van der Waals surface area contributed by atoms with Gasteiger partial charge >= 0.3 is 0 Å². The number of carbonyl (C=O) groups is 1. The number of ether oxygens (including phenoxy) is 2. The average molecular weight is 402 g/mol. The van der Waals surface area contributed by atoms with Crippen molar-refractivity contribution in [3.63, 3.8) is 0 Å². The first-order valence-corrected chi connectivity index (χ1v) is 9.88. The highest BCUT2D eigenvalue weighted by molar-refractivity contribution is 6.33. The first-order valence-electron chi connectivity index (χ1n) is 9.50. The Balaban J connectivity index is 1.28. The molecule has 0 bridgehead atoms. The summed E-state index contributed by atoms with van der Waals surface area (Å²) >= 11 is 6.14. The zero-order chi connectivity index (χ0) is 19.5. The number of hydrogen-bond acceptors (Lipinski definition) is 5. The van der Waals surface area contributed by atoms with Crippen LogP contribution in [0.1, 0.15) is 12.5 Å². The van der Waals surface area contributed by atoms with Gasteiger partial charge in [-0.3, -0.25) is 14.6 Å². The molecular weight excluding hydrogens is 378 g/mol. The molecule has 0 spiro atoms. The lowest BCUT2D eigenvalue weighted by Gasteiger charge is -2.37. The van der Waals surface area contributed by atoms with Crippen molar-refractivity contribution >= 4 is 23.2 Å². The van der Waals surface area contributed by atoms with Crippen LogP contribution in [0.3, 0.4) is 0 Å². The lowest BCUT2D eigenvalue weighted by Crippen LogP contribution is -2.52. The van der Waals surface area contributed by atoms with E-state index >= 15 is 0 Å². The van der Waals surface area contributed by atoms with Crippen LogP contribution in [0, 0.1) is 0 Å². The van der Waals surface area contributed by atoms with Crippen LogP contribution in [0.15, 0.2) is 42.5 Å². The summed E-state index contributed by atoms with van der Waals surface area (Å²) in [5.41, 5.74) is 1.87. The molecule has 7 heteroatoms. The Hall–Kier alpha value is -2.28. The first kappa shape index (κ1) is 19.1. The molecule has 1 N–H and O–H groups in total. The Kier molecular flexibility index (Phi) is 5.71. The van der Waals surface area contributed by atoms with Gasteiger partial charge in [0.25, 0.3) is 0 Å². The van der Waals surface area contributed by atoms with Crippen molar-refractivity contribution in [3.8, 4) is 11.5 Å². The van der Waals surface area contributed by atoms with E-state index in [0.717, 1.165) is 44.2 Å². The van der Waals surface area contributed by atoms with E-state index in [0.29, 0.717) is 17.5 Å². The number of nitrogens with one attached hydrogen (secondary N) is 1. The van der Waals surface area contributed by atoms with Crippen molar-refractivity contribution in [1.29, 1.82) is 0 Å². The van der Waals surface area contributed by atoms with E-state index in [2.05, 4.69) is 21.2 Å². The molecule has 1 atom stereocenters. The molecule has 0 saturated carbocycles. The molecular formula is C21H24ClN3O3. The van der Waals surface area contributed by atoms with E-state index in [1.54, 1.807) is 6.07 Å². The van der Waals surface area contributed by atoms with E-state index < -0.39 is 0 Å². The second-order valence-electron chi connectivity index (χ2n) is 7.14. The Morgan fingerprint density at radius 2 is 1.86 bits per heavy atom. The second kappa shape index (κ2) is 8.39. The Labute approximate surface area is 170 Å². The minimum Gasteiger partial charge on any atom is -0.454 e. The van der Waals surface area contributed by atoms with Crippen LogP contribution in [0.25, 0.3) is 0 Å². The normalized spacial score (nSPS) is 18.1. The second-order valence-corrected chi connectivity index (χ2v) is 7.55. The van der Waals surface area contributed by atoms with Gasteiger partial charge < -0.3 is 14.8 Å². The summed E-state index contributed by atoms with van der Waals surface area (Å²) in [6, 6.07) is 13.2. The van der Waals surface area contributed by atoms with Crippen molar-refractivity contribution in [1.82, 2.24) is 9.80 Å². The van der Waals surface area contributed by atoms with Crippen molar-refractivity contribution in [2.45, 2.75) is 19.5 Å². The lowest BCUT2D eigenvalue weighted by molar-refractivity contribution is -0.121. The third-order valence-electron chi connectivity index (χ3n) is 5.31. The molecule has 4 rings (SSSR count). The third kappa shape index (κ3) is 4.24. The smallest absolute Gasteiger partial charge is 0.241 e. The average Bonchev–Trinajstić information content (AvgIpc) is 3.17. The predicted molar refractivity (Wildman–Crippen MR) is 109 cm³/mol. The number of halogens is 1. The molecule has 148 valence electrons. The molecule has 6 nitrogen and oxygen atoms in total. The summed E-state index contributed by atoms with van der Waals surface area (Å²) in [7, 11) is 0. The summed E-state index contributed by atoms with van der Waals surface area (Å²) in [6.07, 6.45) is 0. The van der Waals surface area contributed by atoms with E-state index in [-0.39, 0.29) is 11.9 Å².